The minimum Gasteiger partial charge on any atom is -0.385 e. The van der Waals surface area contributed by atoms with Crippen molar-refractivity contribution < 1.29 is 0 Å². The molecule has 0 aromatic heterocycles. The van der Waals surface area contributed by atoms with Gasteiger partial charge in [0.2, 0.25) is 0 Å². The maximum absolute atomic E-state index is 6.11. The van der Waals surface area contributed by atoms with Gasteiger partial charge >= 0.3 is 0 Å². The van der Waals surface area contributed by atoms with Crippen molar-refractivity contribution in [1.29, 1.82) is 0 Å². The van der Waals surface area contributed by atoms with Crippen molar-refractivity contribution in [2.24, 2.45) is 0 Å². The van der Waals surface area contributed by atoms with Crippen LogP contribution in [-0.2, 0) is 13.0 Å². The molecule has 0 bridgehead atoms. The molecule has 0 atom stereocenters. The van der Waals surface area contributed by atoms with Gasteiger partial charge in [-0.2, -0.15) is 0 Å². The van der Waals surface area contributed by atoms with E-state index >= 15 is 0 Å². The Morgan fingerprint density at radius 2 is 2.05 bits per heavy atom. The van der Waals surface area contributed by atoms with Crippen molar-refractivity contribution in [2.75, 3.05) is 17.2 Å². The monoisotopic (exact) mass is 350 g/mol. The minimum atomic E-state index is 0.725. The Hall–Kier alpha value is -1.19. The van der Waals surface area contributed by atoms with Crippen LogP contribution in [0.5, 0.6) is 0 Å². The summed E-state index contributed by atoms with van der Waals surface area (Å²) < 4.78 is 0.916. The van der Waals surface area contributed by atoms with Crippen molar-refractivity contribution in [3.05, 3.63) is 57.0 Å². The van der Waals surface area contributed by atoms with Crippen LogP contribution < -0.4 is 10.6 Å². The minimum absolute atomic E-state index is 0.725. The first-order chi connectivity index (χ1) is 9.75. The van der Waals surface area contributed by atoms with E-state index < -0.39 is 0 Å². The van der Waals surface area contributed by atoms with E-state index in [0.29, 0.717) is 0 Å². The molecule has 2 N–H and O–H groups in total. The third-order valence-corrected chi connectivity index (χ3v) is 4.98. The lowest BCUT2D eigenvalue weighted by atomic mass is 9.99. The normalized spacial score (nSPS) is 13.5. The van der Waals surface area contributed by atoms with Crippen molar-refractivity contribution in [3.63, 3.8) is 0 Å². The van der Waals surface area contributed by atoms with Crippen LogP contribution in [0.2, 0.25) is 5.02 Å². The molecule has 0 amide bonds. The molecular formula is C16H16BrClN2. The summed E-state index contributed by atoms with van der Waals surface area (Å²) in [5, 5.41) is 7.69. The summed E-state index contributed by atoms with van der Waals surface area (Å²) in [6, 6.07) is 12.4. The highest BCUT2D eigenvalue weighted by Crippen LogP contribution is 2.31. The number of hydrogen-bond acceptors (Lipinski definition) is 2. The summed E-state index contributed by atoms with van der Waals surface area (Å²) in [7, 11) is 0. The van der Waals surface area contributed by atoms with Crippen LogP contribution in [0.25, 0.3) is 0 Å². The largest absolute Gasteiger partial charge is 0.385 e. The second-order valence-corrected chi connectivity index (χ2v) is 6.14. The van der Waals surface area contributed by atoms with E-state index in [1.165, 1.54) is 23.2 Å². The van der Waals surface area contributed by atoms with Crippen LogP contribution in [0.1, 0.15) is 17.5 Å². The van der Waals surface area contributed by atoms with Gasteiger partial charge in [0.05, 0.1) is 15.2 Å². The highest BCUT2D eigenvalue weighted by molar-refractivity contribution is 9.10. The fourth-order valence-corrected chi connectivity index (χ4v) is 3.14. The molecule has 2 nitrogen and oxygen atoms in total. The number of rotatable bonds is 3. The van der Waals surface area contributed by atoms with E-state index in [1.807, 2.05) is 18.2 Å². The summed E-state index contributed by atoms with van der Waals surface area (Å²) in [6.07, 6.45) is 2.38. The third kappa shape index (κ3) is 2.79. The second-order valence-electron chi connectivity index (χ2n) is 4.94. The van der Waals surface area contributed by atoms with Gasteiger partial charge in [0.1, 0.15) is 0 Å². The maximum atomic E-state index is 6.11. The molecule has 0 saturated heterocycles. The summed E-state index contributed by atoms with van der Waals surface area (Å²) >= 11 is 9.63. The molecule has 4 heteroatoms. The average molecular weight is 352 g/mol. The highest BCUT2D eigenvalue weighted by Gasteiger charge is 2.12. The Balaban J connectivity index is 1.80. The molecule has 0 spiro atoms. The Labute approximate surface area is 132 Å². The quantitative estimate of drug-likeness (QED) is 0.806. The zero-order valence-corrected chi connectivity index (χ0v) is 13.4. The van der Waals surface area contributed by atoms with Crippen LogP contribution in [0, 0.1) is 0 Å². The van der Waals surface area contributed by atoms with Gasteiger partial charge in [-0.25, -0.2) is 0 Å². The van der Waals surface area contributed by atoms with E-state index in [2.05, 4.69) is 44.8 Å². The van der Waals surface area contributed by atoms with Gasteiger partial charge in [0.15, 0.2) is 0 Å². The first-order valence-corrected chi connectivity index (χ1v) is 7.95. The SMILES string of the molecule is Clc1cccc(NCc2cccc3c2NCCC3)c1Br. The molecule has 1 aliphatic rings. The Morgan fingerprint density at radius 1 is 1.20 bits per heavy atom. The number of anilines is 2. The fourth-order valence-electron chi connectivity index (χ4n) is 2.56. The van der Waals surface area contributed by atoms with Crippen molar-refractivity contribution >= 4 is 38.9 Å². The number of benzene rings is 2. The lowest BCUT2D eigenvalue weighted by molar-refractivity contribution is 0.825. The van der Waals surface area contributed by atoms with Gasteiger partial charge in [0, 0.05) is 18.8 Å². The van der Waals surface area contributed by atoms with Gasteiger partial charge < -0.3 is 10.6 Å². The van der Waals surface area contributed by atoms with E-state index in [4.69, 9.17) is 11.6 Å². The van der Waals surface area contributed by atoms with Gasteiger partial charge in [0.25, 0.3) is 0 Å². The first-order valence-electron chi connectivity index (χ1n) is 6.78. The molecule has 0 unspecified atom stereocenters. The maximum Gasteiger partial charge on any atom is 0.0593 e. The van der Waals surface area contributed by atoms with Gasteiger partial charge in [-0.15, -0.1) is 0 Å². The molecule has 3 rings (SSSR count). The van der Waals surface area contributed by atoms with Crippen LogP contribution in [-0.4, -0.2) is 6.54 Å². The number of fused-ring (bicyclic) bond motifs is 1. The van der Waals surface area contributed by atoms with Crippen molar-refractivity contribution in [2.45, 2.75) is 19.4 Å². The molecule has 0 aliphatic carbocycles. The van der Waals surface area contributed by atoms with Crippen LogP contribution in [0.4, 0.5) is 11.4 Å². The molecule has 20 heavy (non-hydrogen) atoms. The molecule has 0 fully saturated rings. The molecular weight excluding hydrogens is 336 g/mol. The topological polar surface area (TPSA) is 24.1 Å². The Kier molecular flexibility index (Phi) is 4.18. The van der Waals surface area contributed by atoms with E-state index in [-0.39, 0.29) is 0 Å². The fraction of sp³-hybridized carbons (Fsp3) is 0.250. The summed E-state index contributed by atoms with van der Waals surface area (Å²) in [4.78, 5) is 0. The van der Waals surface area contributed by atoms with Crippen LogP contribution in [0.15, 0.2) is 40.9 Å². The number of nitrogens with one attached hydrogen (secondary N) is 2. The zero-order chi connectivity index (χ0) is 13.9. The van der Waals surface area contributed by atoms with E-state index in [9.17, 15) is 0 Å². The first kappa shape index (κ1) is 13.8. The van der Waals surface area contributed by atoms with Gasteiger partial charge in [-0.1, -0.05) is 35.9 Å². The standard InChI is InChI=1S/C16H16BrClN2/c17-15-13(18)7-2-8-14(15)20-10-12-5-1-4-11-6-3-9-19-16(11)12/h1-2,4-5,7-8,19-20H,3,6,9-10H2. The molecule has 104 valence electrons. The molecule has 1 heterocycles. The number of aryl methyl sites for hydroxylation is 1. The van der Waals surface area contributed by atoms with Crippen LogP contribution >= 0.6 is 27.5 Å². The smallest absolute Gasteiger partial charge is 0.0593 e. The molecule has 1 aliphatic heterocycles. The predicted molar refractivity (Wildman–Crippen MR) is 89.7 cm³/mol. The lowest BCUT2D eigenvalue weighted by Gasteiger charge is -2.21. The average Bonchev–Trinajstić information content (AvgIpc) is 2.49. The lowest BCUT2D eigenvalue weighted by Crippen LogP contribution is -2.15. The van der Waals surface area contributed by atoms with Gasteiger partial charge in [-0.3, -0.25) is 0 Å². The molecule has 0 saturated carbocycles. The van der Waals surface area contributed by atoms with Crippen LogP contribution in [0.3, 0.4) is 0 Å². The van der Waals surface area contributed by atoms with Gasteiger partial charge in [-0.05, 0) is 52.0 Å². The van der Waals surface area contributed by atoms with Crippen molar-refractivity contribution in [1.82, 2.24) is 0 Å². The predicted octanol–water partition coefficient (Wildman–Crippen LogP) is 5.07. The number of hydrogen-bond donors (Lipinski definition) is 2. The van der Waals surface area contributed by atoms with E-state index in [1.54, 1.807) is 0 Å². The zero-order valence-electron chi connectivity index (χ0n) is 11.0. The Morgan fingerprint density at radius 3 is 2.95 bits per heavy atom. The number of halogens is 2. The van der Waals surface area contributed by atoms with Crippen molar-refractivity contribution in [3.8, 4) is 0 Å². The summed E-state index contributed by atoms with van der Waals surface area (Å²) in [6.45, 7) is 1.85. The second kappa shape index (κ2) is 6.06. The molecule has 0 radical (unpaired) electrons. The highest BCUT2D eigenvalue weighted by atomic mass is 79.9. The summed E-state index contributed by atoms with van der Waals surface area (Å²) in [5.41, 5.74) is 5.03. The van der Waals surface area contributed by atoms with E-state index in [0.717, 1.165) is 34.7 Å². The Bertz CT molecular complexity index is 628. The molecule has 2 aromatic carbocycles. The summed E-state index contributed by atoms with van der Waals surface area (Å²) in [5.74, 6) is 0. The number of para-hydroxylation sites is 1. The third-order valence-electron chi connectivity index (χ3n) is 3.58. The molecule has 2 aromatic rings.